The van der Waals surface area contributed by atoms with Crippen molar-refractivity contribution in [3.05, 3.63) is 0 Å². The van der Waals surface area contributed by atoms with E-state index in [1.54, 1.807) is 0 Å². The van der Waals surface area contributed by atoms with E-state index in [0.717, 1.165) is 57.8 Å². The maximum absolute atomic E-state index is 5.36. The highest BCUT2D eigenvalue weighted by atomic mass is 127. The molecule has 0 aromatic carbocycles. The van der Waals surface area contributed by atoms with Crippen LogP contribution in [0.4, 0.5) is 0 Å². The topological polar surface area (TPSA) is 48.9 Å². The first kappa shape index (κ1) is 21.9. The number of hydrogen-bond acceptors (Lipinski definition) is 3. The lowest BCUT2D eigenvalue weighted by molar-refractivity contribution is 0.0389. The number of unbranched alkanes of at least 4 members (excludes halogenated alkanes) is 1. The van der Waals surface area contributed by atoms with Crippen LogP contribution in [-0.2, 0) is 4.74 Å². The normalized spacial score (nSPS) is 17.7. The van der Waals surface area contributed by atoms with Gasteiger partial charge in [-0.2, -0.15) is 0 Å². The van der Waals surface area contributed by atoms with Crippen molar-refractivity contribution in [2.24, 2.45) is 10.9 Å². The van der Waals surface area contributed by atoms with E-state index < -0.39 is 0 Å². The molecule has 0 spiro atoms. The SMILES string of the molecule is CCCCC(CC)CNC(=NC)NCCN1CCOCC1.I. The number of hydrogen-bond donors (Lipinski definition) is 2. The summed E-state index contributed by atoms with van der Waals surface area (Å²) in [4.78, 5) is 6.74. The summed E-state index contributed by atoms with van der Waals surface area (Å²) in [6.45, 7) is 11.4. The van der Waals surface area contributed by atoms with Gasteiger partial charge in [-0.05, 0) is 12.3 Å². The third-order valence-corrected chi connectivity index (χ3v) is 4.15. The molecule has 0 aromatic rings. The van der Waals surface area contributed by atoms with Crippen LogP contribution in [0.25, 0.3) is 0 Å². The second-order valence-electron chi connectivity index (χ2n) is 5.75. The summed E-state index contributed by atoms with van der Waals surface area (Å²) >= 11 is 0. The number of ether oxygens (including phenoxy) is 1. The second kappa shape index (κ2) is 14.5. The third-order valence-electron chi connectivity index (χ3n) is 4.15. The number of nitrogens with one attached hydrogen (secondary N) is 2. The lowest BCUT2D eigenvalue weighted by Crippen LogP contribution is -2.45. The van der Waals surface area contributed by atoms with Crippen molar-refractivity contribution >= 4 is 29.9 Å². The third kappa shape index (κ3) is 9.84. The van der Waals surface area contributed by atoms with E-state index >= 15 is 0 Å². The average Bonchev–Trinajstić information content (AvgIpc) is 2.54. The Balaban J connectivity index is 0.00000441. The number of aliphatic imine (C=N–C) groups is 1. The zero-order valence-electron chi connectivity index (χ0n) is 14.6. The van der Waals surface area contributed by atoms with Gasteiger partial charge in [0.05, 0.1) is 13.2 Å². The van der Waals surface area contributed by atoms with Crippen molar-refractivity contribution in [3.8, 4) is 0 Å². The first-order valence-corrected chi connectivity index (χ1v) is 8.54. The standard InChI is InChI=1S/C16H34N4O.HI/c1-4-6-7-15(5-2)14-19-16(17-3)18-8-9-20-10-12-21-13-11-20;/h15H,4-14H2,1-3H3,(H2,17,18,19);1H. The van der Waals surface area contributed by atoms with Crippen molar-refractivity contribution < 1.29 is 4.74 Å². The fourth-order valence-corrected chi connectivity index (χ4v) is 2.56. The molecule has 1 aliphatic heterocycles. The van der Waals surface area contributed by atoms with Crippen LogP contribution in [0.3, 0.4) is 0 Å². The molecule has 6 heteroatoms. The number of guanidine groups is 1. The van der Waals surface area contributed by atoms with Gasteiger partial charge in [0, 0.05) is 39.8 Å². The molecule has 2 N–H and O–H groups in total. The van der Waals surface area contributed by atoms with Crippen molar-refractivity contribution in [2.45, 2.75) is 39.5 Å². The first-order chi connectivity index (χ1) is 10.3. The minimum atomic E-state index is 0. The summed E-state index contributed by atoms with van der Waals surface area (Å²) < 4.78 is 5.36. The van der Waals surface area contributed by atoms with Gasteiger partial charge in [0.15, 0.2) is 5.96 Å². The smallest absolute Gasteiger partial charge is 0.191 e. The maximum Gasteiger partial charge on any atom is 0.191 e. The zero-order valence-corrected chi connectivity index (χ0v) is 16.9. The molecule has 0 bridgehead atoms. The van der Waals surface area contributed by atoms with Crippen LogP contribution in [0, 0.1) is 5.92 Å². The van der Waals surface area contributed by atoms with Crippen molar-refractivity contribution in [1.29, 1.82) is 0 Å². The Morgan fingerprint density at radius 2 is 1.95 bits per heavy atom. The lowest BCUT2D eigenvalue weighted by Gasteiger charge is -2.27. The molecule has 1 atom stereocenters. The van der Waals surface area contributed by atoms with Crippen LogP contribution >= 0.6 is 24.0 Å². The van der Waals surface area contributed by atoms with Crippen LogP contribution in [0.15, 0.2) is 4.99 Å². The van der Waals surface area contributed by atoms with E-state index in [2.05, 4.69) is 34.4 Å². The summed E-state index contributed by atoms with van der Waals surface area (Å²) in [5.41, 5.74) is 0. The Morgan fingerprint density at radius 3 is 2.55 bits per heavy atom. The molecule has 0 saturated carbocycles. The van der Waals surface area contributed by atoms with Gasteiger partial charge in [0.2, 0.25) is 0 Å². The molecule has 0 aromatic heterocycles. The van der Waals surface area contributed by atoms with Crippen molar-refractivity contribution in [2.75, 3.05) is 53.0 Å². The largest absolute Gasteiger partial charge is 0.379 e. The fraction of sp³-hybridized carbons (Fsp3) is 0.938. The van der Waals surface area contributed by atoms with Gasteiger partial charge in [0.1, 0.15) is 0 Å². The van der Waals surface area contributed by atoms with E-state index in [1.807, 2.05) is 7.05 Å². The summed E-state index contributed by atoms with van der Waals surface area (Å²) in [5.74, 6) is 1.68. The van der Waals surface area contributed by atoms with E-state index in [-0.39, 0.29) is 24.0 Å². The van der Waals surface area contributed by atoms with Crippen LogP contribution in [0.5, 0.6) is 0 Å². The molecular weight excluding hydrogens is 391 g/mol. The van der Waals surface area contributed by atoms with Gasteiger partial charge in [-0.15, -0.1) is 24.0 Å². The molecule has 1 rings (SSSR count). The lowest BCUT2D eigenvalue weighted by atomic mass is 9.99. The minimum Gasteiger partial charge on any atom is -0.379 e. The fourth-order valence-electron chi connectivity index (χ4n) is 2.56. The van der Waals surface area contributed by atoms with Crippen molar-refractivity contribution in [1.82, 2.24) is 15.5 Å². The van der Waals surface area contributed by atoms with Crippen LogP contribution in [-0.4, -0.2) is 63.8 Å². The first-order valence-electron chi connectivity index (χ1n) is 8.54. The summed E-state index contributed by atoms with van der Waals surface area (Å²) in [6, 6.07) is 0. The zero-order chi connectivity index (χ0) is 15.3. The number of morpholine rings is 1. The monoisotopic (exact) mass is 426 g/mol. The number of nitrogens with zero attached hydrogens (tertiary/aromatic N) is 2. The molecule has 0 amide bonds. The minimum absolute atomic E-state index is 0. The molecule has 1 fully saturated rings. The quantitative estimate of drug-likeness (QED) is 0.338. The van der Waals surface area contributed by atoms with E-state index in [1.165, 1.54) is 25.7 Å². The molecule has 1 aliphatic rings. The number of halogens is 1. The van der Waals surface area contributed by atoms with Gasteiger partial charge >= 0.3 is 0 Å². The van der Waals surface area contributed by atoms with Gasteiger partial charge in [-0.25, -0.2) is 0 Å². The highest BCUT2D eigenvalue weighted by Crippen LogP contribution is 2.10. The van der Waals surface area contributed by atoms with Gasteiger partial charge in [0.25, 0.3) is 0 Å². The molecular formula is C16H35IN4O. The molecule has 22 heavy (non-hydrogen) atoms. The summed E-state index contributed by atoms with van der Waals surface area (Å²) in [5, 5.41) is 6.87. The Bertz CT molecular complexity index is 283. The van der Waals surface area contributed by atoms with Gasteiger partial charge in [-0.1, -0.05) is 33.1 Å². The van der Waals surface area contributed by atoms with Crippen LogP contribution < -0.4 is 10.6 Å². The van der Waals surface area contributed by atoms with E-state index in [4.69, 9.17) is 4.74 Å². The molecule has 5 nitrogen and oxygen atoms in total. The molecule has 1 saturated heterocycles. The maximum atomic E-state index is 5.36. The Hall–Kier alpha value is -0.0800. The number of rotatable bonds is 9. The van der Waals surface area contributed by atoms with Crippen molar-refractivity contribution in [3.63, 3.8) is 0 Å². The van der Waals surface area contributed by atoms with Gasteiger partial charge < -0.3 is 15.4 Å². The molecule has 132 valence electrons. The average molecular weight is 426 g/mol. The van der Waals surface area contributed by atoms with E-state index in [9.17, 15) is 0 Å². The predicted molar refractivity (Wildman–Crippen MR) is 105 cm³/mol. The predicted octanol–water partition coefficient (Wildman–Crippen LogP) is 2.32. The van der Waals surface area contributed by atoms with Gasteiger partial charge in [-0.3, -0.25) is 9.89 Å². The van der Waals surface area contributed by atoms with Crippen LogP contribution in [0.1, 0.15) is 39.5 Å². The second-order valence-corrected chi connectivity index (χ2v) is 5.75. The highest BCUT2D eigenvalue weighted by Gasteiger charge is 2.10. The summed E-state index contributed by atoms with van der Waals surface area (Å²) in [7, 11) is 1.84. The van der Waals surface area contributed by atoms with E-state index in [0.29, 0.717) is 0 Å². The Morgan fingerprint density at radius 1 is 1.23 bits per heavy atom. The molecule has 1 unspecified atom stereocenters. The summed E-state index contributed by atoms with van der Waals surface area (Å²) in [6.07, 6.45) is 5.15. The Labute approximate surface area is 153 Å². The molecule has 0 radical (unpaired) electrons. The highest BCUT2D eigenvalue weighted by molar-refractivity contribution is 14.0. The van der Waals surface area contributed by atoms with Crippen LogP contribution in [0.2, 0.25) is 0 Å². The molecule has 0 aliphatic carbocycles. The molecule has 1 heterocycles. The Kier molecular flexibility index (Phi) is 14.5.